The molecule has 0 atom stereocenters. The highest BCUT2D eigenvalue weighted by molar-refractivity contribution is 7.87. The Morgan fingerprint density at radius 3 is 1.82 bits per heavy atom. The van der Waals surface area contributed by atoms with Gasteiger partial charge in [0.15, 0.2) is 5.82 Å². The second-order valence-corrected chi connectivity index (χ2v) is 10.3. The summed E-state index contributed by atoms with van der Waals surface area (Å²) in [6.07, 6.45) is 4.88. The summed E-state index contributed by atoms with van der Waals surface area (Å²) in [6, 6.07) is 34.9. The van der Waals surface area contributed by atoms with Gasteiger partial charge in [-0.05, 0) is 25.1 Å². The number of ether oxygens (including phenoxy) is 1. The number of rotatable bonds is 7. The summed E-state index contributed by atoms with van der Waals surface area (Å²) in [7, 11) is -2.45. The molecule has 0 radical (unpaired) electrons. The Labute approximate surface area is 194 Å². The summed E-state index contributed by atoms with van der Waals surface area (Å²) in [5.41, 5.74) is 0.762. The molecule has 0 aliphatic heterocycles. The maximum Gasteiger partial charge on any atom is 0.330 e. The Morgan fingerprint density at radius 1 is 0.818 bits per heavy atom. The average Bonchev–Trinajstić information content (AvgIpc) is 2.88. The van der Waals surface area contributed by atoms with Crippen molar-refractivity contribution < 1.29 is 9.53 Å². The van der Waals surface area contributed by atoms with E-state index in [1.165, 1.54) is 6.08 Å². The van der Waals surface area contributed by atoms with Crippen LogP contribution in [-0.4, -0.2) is 17.6 Å². The van der Waals surface area contributed by atoms with Crippen LogP contribution in [0.4, 0.5) is 5.82 Å². The number of pyridine rings is 1. The standard InChI is InChI=1S/C28H25N2O2P/c1-2-32-27(31)21-20-23-13-12-22-29-28(23)30-33(24-14-6-3-7-15-24,25-16-8-4-9-17-25)26-18-10-5-11-19-26/h3-22H,2H2,1H3/b21-20-. The smallest absolute Gasteiger partial charge is 0.330 e. The fourth-order valence-corrected chi connectivity index (χ4v) is 7.17. The lowest BCUT2D eigenvalue weighted by atomic mass is 10.2. The molecule has 0 bridgehead atoms. The maximum absolute atomic E-state index is 11.9. The summed E-state index contributed by atoms with van der Waals surface area (Å²) in [5.74, 6) is 0.200. The van der Waals surface area contributed by atoms with E-state index in [4.69, 9.17) is 9.48 Å². The van der Waals surface area contributed by atoms with Crippen LogP contribution in [0.15, 0.2) is 120 Å². The quantitative estimate of drug-likeness (QED) is 0.212. The van der Waals surface area contributed by atoms with Crippen molar-refractivity contribution in [3.63, 3.8) is 0 Å². The van der Waals surface area contributed by atoms with Gasteiger partial charge >= 0.3 is 5.97 Å². The van der Waals surface area contributed by atoms with Crippen molar-refractivity contribution in [2.24, 2.45) is 4.74 Å². The molecule has 0 amide bonds. The topological polar surface area (TPSA) is 51.5 Å². The second-order valence-electron chi connectivity index (χ2n) is 7.24. The van der Waals surface area contributed by atoms with Crippen LogP contribution in [0, 0.1) is 0 Å². The molecule has 0 unspecified atom stereocenters. The van der Waals surface area contributed by atoms with E-state index in [0.717, 1.165) is 21.5 Å². The van der Waals surface area contributed by atoms with Crippen LogP contribution < -0.4 is 15.9 Å². The van der Waals surface area contributed by atoms with Gasteiger partial charge in [0.1, 0.15) is 0 Å². The van der Waals surface area contributed by atoms with Crippen LogP contribution in [0.2, 0.25) is 0 Å². The minimum Gasteiger partial charge on any atom is -0.463 e. The van der Waals surface area contributed by atoms with Gasteiger partial charge in [-0.15, -0.1) is 0 Å². The Hall–Kier alpha value is -3.75. The van der Waals surface area contributed by atoms with Gasteiger partial charge < -0.3 is 4.74 Å². The van der Waals surface area contributed by atoms with Gasteiger partial charge in [0.05, 0.1) is 13.7 Å². The SMILES string of the molecule is CCOC(=O)/C=C\c1cccnc1N=P(c1ccccc1)(c1ccccc1)c1ccccc1. The van der Waals surface area contributed by atoms with Gasteiger partial charge in [0.25, 0.3) is 0 Å². The molecule has 0 saturated carbocycles. The van der Waals surface area contributed by atoms with Crippen molar-refractivity contribution in [2.45, 2.75) is 6.92 Å². The number of nitrogens with zero attached hydrogens (tertiary/aromatic N) is 2. The van der Waals surface area contributed by atoms with Gasteiger partial charge in [-0.3, -0.25) is 0 Å². The predicted molar refractivity (Wildman–Crippen MR) is 137 cm³/mol. The zero-order valence-electron chi connectivity index (χ0n) is 18.4. The highest BCUT2D eigenvalue weighted by atomic mass is 31.2. The van der Waals surface area contributed by atoms with E-state index in [-0.39, 0.29) is 5.97 Å². The number of carbonyl (C=O) groups is 1. The zero-order valence-corrected chi connectivity index (χ0v) is 19.3. The largest absolute Gasteiger partial charge is 0.463 e. The van der Waals surface area contributed by atoms with Gasteiger partial charge in [-0.2, -0.15) is 0 Å². The van der Waals surface area contributed by atoms with E-state index in [1.807, 2.05) is 66.7 Å². The van der Waals surface area contributed by atoms with Crippen molar-refractivity contribution >= 4 is 40.8 Å². The Bertz CT molecular complexity index is 1180. The molecule has 1 heterocycles. The first-order chi connectivity index (χ1) is 16.2. The number of hydrogen-bond donors (Lipinski definition) is 0. The van der Waals surface area contributed by atoms with Crippen molar-refractivity contribution in [3.8, 4) is 0 Å². The monoisotopic (exact) mass is 452 g/mol. The lowest BCUT2D eigenvalue weighted by molar-refractivity contribution is -0.137. The molecule has 4 aromatic rings. The molecule has 1 aromatic heterocycles. The van der Waals surface area contributed by atoms with E-state index < -0.39 is 7.05 Å². The fourth-order valence-electron chi connectivity index (χ4n) is 3.66. The molecule has 0 saturated heterocycles. The van der Waals surface area contributed by atoms with E-state index in [9.17, 15) is 4.79 Å². The van der Waals surface area contributed by atoms with E-state index in [2.05, 4.69) is 41.4 Å². The molecule has 164 valence electrons. The number of carbonyl (C=O) groups excluding carboxylic acids is 1. The molecule has 3 aromatic carbocycles. The highest BCUT2D eigenvalue weighted by Crippen LogP contribution is 2.49. The van der Waals surface area contributed by atoms with Crippen LogP contribution >= 0.6 is 7.05 Å². The van der Waals surface area contributed by atoms with Crippen LogP contribution in [0.3, 0.4) is 0 Å². The highest BCUT2D eigenvalue weighted by Gasteiger charge is 2.27. The summed E-state index contributed by atoms with van der Waals surface area (Å²) in [4.78, 5) is 16.5. The normalized spacial score (nSPS) is 11.3. The summed E-state index contributed by atoms with van der Waals surface area (Å²) >= 11 is 0. The second kappa shape index (κ2) is 10.7. The van der Waals surface area contributed by atoms with E-state index in [0.29, 0.717) is 12.4 Å². The van der Waals surface area contributed by atoms with Gasteiger partial charge in [0, 0.05) is 33.7 Å². The van der Waals surface area contributed by atoms with E-state index >= 15 is 0 Å². The van der Waals surface area contributed by atoms with Crippen LogP contribution in [0.1, 0.15) is 12.5 Å². The number of aromatic nitrogens is 1. The molecule has 0 fully saturated rings. The number of hydrogen-bond acceptors (Lipinski definition) is 4. The van der Waals surface area contributed by atoms with Gasteiger partial charge in [-0.25, -0.2) is 14.5 Å². The van der Waals surface area contributed by atoms with E-state index in [1.54, 1.807) is 19.2 Å². The first-order valence-corrected chi connectivity index (χ1v) is 12.6. The number of esters is 1. The molecule has 5 heteroatoms. The molecular formula is C28H25N2O2P. The lowest BCUT2D eigenvalue weighted by Crippen LogP contribution is -2.25. The molecular weight excluding hydrogens is 427 g/mol. The first-order valence-electron chi connectivity index (χ1n) is 10.8. The number of benzene rings is 3. The molecule has 0 spiro atoms. The Kier molecular flexibility index (Phi) is 7.29. The predicted octanol–water partition coefficient (Wildman–Crippen LogP) is 5.47. The summed E-state index contributed by atoms with van der Waals surface area (Å²) < 4.78 is 10.5. The fraction of sp³-hybridized carbons (Fsp3) is 0.0714. The molecule has 0 aliphatic carbocycles. The molecule has 4 rings (SSSR count). The molecule has 0 aliphatic rings. The molecule has 33 heavy (non-hydrogen) atoms. The van der Waals surface area contributed by atoms with Crippen molar-refractivity contribution in [3.05, 3.63) is 121 Å². The third kappa shape index (κ3) is 5.02. The van der Waals surface area contributed by atoms with Crippen LogP contribution in [0.25, 0.3) is 6.08 Å². The Morgan fingerprint density at radius 2 is 1.33 bits per heavy atom. The lowest BCUT2D eigenvalue weighted by Gasteiger charge is -2.27. The van der Waals surface area contributed by atoms with Crippen molar-refractivity contribution in [2.75, 3.05) is 6.61 Å². The van der Waals surface area contributed by atoms with Crippen LogP contribution in [-0.2, 0) is 9.53 Å². The van der Waals surface area contributed by atoms with Gasteiger partial charge in [0.2, 0.25) is 0 Å². The first kappa shape index (κ1) is 22.4. The third-order valence-electron chi connectivity index (χ3n) is 5.14. The van der Waals surface area contributed by atoms with Crippen LogP contribution in [0.5, 0.6) is 0 Å². The zero-order chi connectivity index (χ0) is 22.9. The van der Waals surface area contributed by atoms with Crippen molar-refractivity contribution in [1.82, 2.24) is 4.98 Å². The Balaban J connectivity index is 2.03. The maximum atomic E-state index is 11.9. The minimum atomic E-state index is -2.45. The summed E-state index contributed by atoms with van der Waals surface area (Å²) in [5, 5.41) is 3.40. The van der Waals surface area contributed by atoms with Crippen molar-refractivity contribution in [1.29, 1.82) is 0 Å². The third-order valence-corrected chi connectivity index (χ3v) is 8.76. The summed E-state index contributed by atoms with van der Waals surface area (Å²) in [6.45, 7) is 2.12. The average molecular weight is 452 g/mol. The minimum absolute atomic E-state index is 0.331. The van der Waals surface area contributed by atoms with Gasteiger partial charge in [-0.1, -0.05) is 91.0 Å². The molecule has 0 N–H and O–H groups in total. The molecule has 4 nitrogen and oxygen atoms in total.